The Kier molecular flexibility index (Phi) is 5.35. The van der Waals surface area contributed by atoms with Crippen LogP contribution in [0.3, 0.4) is 0 Å². The molecule has 0 aliphatic heterocycles. The van der Waals surface area contributed by atoms with E-state index in [4.69, 9.17) is 12.2 Å². The summed E-state index contributed by atoms with van der Waals surface area (Å²) in [6.07, 6.45) is 5.91. The minimum absolute atomic E-state index is 0.0867. The van der Waals surface area contributed by atoms with Gasteiger partial charge in [-0.05, 0) is 30.7 Å². The summed E-state index contributed by atoms with van der Waals surface area (Å²) < 4.78 is 25.7. The third kappa shape index (κ3) is 3.33. The average Bonchev–Trinajstić information content (AvgIpc) is 2.36. The first-order chi connectivity index (χ1) is 8.56. The fourth-order valence-corrected chi connectivity index (χ4v) is 2.97. The van der Waals surface area contributed by atoms with Crippen LogP contribution in [-0.2, 0) is 16.4 Å². The van der Waals surface area contributed by atoms with Crippen molar-refractivity contribution in [2.24, 2.45) is 5.73 Å². The van der Waals surface area contributed by atoms with Gasteiger partial charge in [0.05, 0.1) is 11.4 Å². The first-order valence-electron chi connectivity index (χ1n) is 5.78. The number of sulfonamides is 1. The van der Waals surface area contributed by atoms with Crippen molar-refractivity contribution in [1.82, 2.24) is 4.31 Å². The molecule has 0 bridgehead atoms. The predicted molar refractivity (Wildman–Crippen MR) is 72.5 cm³/mol. The number of rotatable bonds is 6. The Balaban J connectivity index is 3.01. The summed E-state index contributed by atoms with van der Waals surface area (Å²) in [6, 6.07) is 6.76. The normalized spacial score (nSPS) is 11.4. The van der Waals surface area contributed by atoms with Gasteiger partial charge in [0.15, 0.2) is 0 Å². The summed E-state index contributed by atoms with van der Waals surface area (Å²) in [6.45, 7) is 2.75. The molecule has 0 saturated heterocycles. The molecule has 0 atom stereocenters. The Morgan fingerprint density at radius 2 is 1.94 bits per heavy atom. The van der Waals surface area contributed by atoms with Crippen molar-refractivity contribution in [2.45, 2.75) is 18.2 Å². The number of terminal acetylenes is 1. The van der Waals surface area contributed by atoms with Gasteiger partial charge in [-0.1, -0.05) is 25.0 Å². The van der Waals surface area contributed by atoms with Crippen LogP contribution in [0.1, 0.15) is 12.5 Å². The highest BCUT2D eigenvalue weighted by Gasteiger charge is 2.21. The van der Waals surface area contributed by atoms with Crippen molar-refractivity contribution in [3.63, 3.8) is 0 Å². The van der Waals surface area contributed by atoms with E-state index in [9.17, 15) is 8.42 Å². The lowest BCUT2D eigenvalue weighted by Gasteiger charge is -2.17. The summed E-state index contributed by atoms with van der Waals surface area (Å²) >= 11 is 0. The second-order valence-corrected chi connectivity index (χ2v) is 5.76. The fourth-order valence-electron chi connectivity index (χ4n) is 1.61. The summed E-state index contributed by atoms with van der Waals surface area (Å²) in [5.41, 5.74) is 6.47. The van der Waals surface area contributed by atoms with E-state index in [0.29, 0.717) is 13.1 Å². The summed E-state index contributed by atoms with van der Waals surface area (Å²) in [5, 5.41) is 0. The summed E-state index contributed by atoms with van der Waals surface area (Å²) in [7, 11) is -3.49. The standard InChI is InChI=1S/C13H18N2O2S/c1-3-11-15(4-2)18(16,17)13-7-5-12(6-8-13)9-10-14/h1,5-8H,4,9-11,14H2,2H3. The van der Waals surface area contributed by atoms with Crippen LogP contribution in [0.2, 0.25) is 0 Å². The van der Waals surface area contributed by atoms with Gasteiger partial charge in [0.25, 0.3) is 0 Å². The Bertz CT molecular complexity index is 515. The van der Waals surface area contributed by atoms with Gasteiger partial charge in [0, 0.05) is 6.54 Å². The number of nitrogens with zero attached hydrogens (tertiary/aromatic N) is 1. The fraction of sp³-hybridized carbons (Fsp3) is 0.385. The lowest BCUT2D eigenvalue weighted by Crippen LogP contribution is -2.31. The molecule has 0 saturated carbocycles. The molecule has 0 unspecified atom stereocenters. The van der Waals surface area contributed by atoms with Crippen molar-refractivity contribution < 1.29 is 8.42 Å². The van der Waals surface area contributed by atoms with Crippen LogP contribution in [0.25, 0.3) is 0 Å². The molecule has 0 fully saturated rings. The first-order valence-corrected chi connectivity index (χ1v) is 7.23. The molecule has 98 valence electrons. The molecule has 1 aromatic rings. The highest BCUT2D eigenvalue weighted by molar-refractivity contribution is 7.89. The largest absolute Gasteiger partial charge is 0.330 e. The quantitative estimate of drug-likeness (QED) is 0.776. The number of hydrogen-bond acceptors (Lipinski definition) is 3. The minimum Gasteiger partial charge on any atom is -0.330 e. The maximum absolute atomic E-state index is 12.2. The molecule has 0 aromatic heterocycles. The van der Waals surface area contributed by atoms with Crippen LogP contribution in [0.4, 0.5) is 0 Å². The van der Waals surface area contributed by atoms with Gasteiger partial charge < -0.3 is 5.73 Å². The smallest absolute Gasteiger partial charge is 0.243 e. The maximum Gasteiger partial charge on any atom is 0.243 e. The Hall–Kier alpha value is -1.35. The molecule has 5 heteroatoms. The van der Waals surface area contributed by atoms with Crippen LogP contribution in [0, 0.1) is 12.3 Å². The third-order valence-electron chi connectivity index (χ3n) is 2.61. The average molecular weight is 266 g/mol. The molecule has 18 heavy (non-hydrogen) atoms. The molecular weight excluding hydrogens is 248 g/mol. The van der Waals surface area contributed by atoms with Gasteiger partial charge in [-0.25, -0.2) is 8.42 Å². The summed E-state index contributed by atoms with van der Waals surface area (Å²) in [4.78, 5) is 0.264. The van der Waals surface area contributed by atoms with E-state index < -0.39 is 10.0 Å². The van der Waals surface area contributed by atoms with Crippen molar-refractivity contribution >= 4 is 10.0 Å². The van der Waals surface area contributed by atoms with Gasteiger partial charge in [0.1, 0.15) is 0 Å². The Morgan fingerprint density at radius 3 is 2.39 bits per heavy atom. The van der Waals surface area contributed by atoms with Gasteiger partial charge >= 0.3 is 0 Å². The van der Waals surface area contributed by atoms with E-state index in [1.807, 2.05) is 0 Å². The van der Waals surface area contributed by atoms with Crippen molar-refractivity contribution in [3.8, 4) is 12.3 Å². The van der Waals surface area contributed by atoms with E-state index in [0.717, 1.165) is 12.0 Å². The first kappa shape index (κ1) is 14.7. The Morgan fingerprint density at radius 1 is 1.33 bits per heavy atom. The highest BCUT2D eigenvalue weighted by Crippen LogP contribution is 2.16. The maximum atomic E-state index is 12.2. The van der Waals surface area contributed by atoms with Crippen LogP contribution in [0.5, 0.6) is 0 Å². The van der Waals surface area contributed by atoms with E-state index in [1.54, 1.807) is 31.2 Å². The second-order valence-electron chi connectivity index (χ2n) is 3.82. The number of hydrogen-bond donors (Lipinski definition) is 1. The molecule has 0 aliphatic carbocycles. The van der Waals surface area contributed by atoms with Crippen molar-refractivity contribution in [3.05, 3.63) is 29.8 Å². The zero-order valence-electron chi connectivity index (χ0n) is 10.5. The van der Waals surface area contributed by atoms with E-state index >= 15 is 0 Å². The molecule has 1 rings (SSSR count). The van der Waals surface area contributed by atoms with Crippen LogP contribution >= 0.6 is 0 Å². The van der Waals surface area contributed by atoms with Gasteiger partial charge in [-0.2, -0.15) is 4.31 Å². The minimum atomic E-state index is -3.49. The summed E-state index contributed by atoms with van der Waals surface area (Å²) in [5.74, 6) is 2.36. The molecule has 0 amide bonds. The van der Waals surface area contributed by atoms with Crippen LogP contribution in [0.15, 0.2) is 29.2 Å². The molecule has 0 aliphatic rings. The second kappa shape index (κ2) is 6.55. The van der Waals surface area contributed by atoms with Crippen molar-refractivity contribution in [2.75, 3.05) is 19.6 Å². The lowest BCUT2D eigenvalue weighted by molar-refractivity contribution is 0.464. The molecule has 0 spiro atoms. The molecule has 0 radical (unpaired) electrons. The van der Waals surface area contributed by atoms with Crippen LogP contribution < -0.4 is 5.73 Å². The van der Waals surface area contributed by atoms with Gasteiger partial charge in [-0.15, -0.1) is 6.42 Å². The molecule has 2 N–H and O–H groups in total. The predicted octanol–water partition coefficient (Wildman–Crippen LogP) is 0.832. The number of nitrogens with two attached hydrogens (primary N) is 1. The van der Waals surface area contributed by atoms with Crippen LogP contribution in [-0.4, -0.2) is 32.4 Å². The third-order valence-corrected chi connectivity index (χ3v) is 4.55. The SMILES string of the molecule is C#CCN(CC)S(=O)(=O)c1ccc(CCN)cc1. The lowest BCUT2D eigenvalue weighted by atomic mass is 10.2. The van der Waals surface area contributed by atoms with Gasteiger partial charge in [-0.3, -0.25) is 0 Å². The van der Waals surface area contributed by atoms with E-state index in [2.05, 4.69) is 5.92 Å². The monoisotopic (exact) mass is 266 g/mol. The van der Waals surface area contributed by atoms with Crippen molar-refractivity contribution in [1.29, 1.82) is 0 Å². The topological polar surface area (TPSA) is 63.4 Å². The molecule has 4 nitrogen and oxygen atoms in total. The zero-order valence-corrected chi connectivity index (χ0v) is 11.3. The highest BCUT2D eigenvalue weighted by atomic mass is 32.2. The molecule has 1 aromatic carbocycles. The zero-order chi connectivity index (χ0) is 13.6. The van der Waals surface area contributed by atoms with E-state index in [1.165, 1.54) is 4.31 Å². The van der Waals surface area contributed by atoms with E-state index in [-0.39, 0.29) is 11.4 Å². The molecule has 0 heterocycles. The Labute approximate surface area is 109 Å². The number of benzene rings is 1. The molecular formula is C13H18N2O2S. The van der Waals surface area contributed by atoms with Gasteiger partial charge in [0.2, 0.25) is 10.0 Å².